The van der Waals surface area contributed by atoms with Gasteiger partial charge in [-0.2, -0.15) is 5.10 Å². The maximum Gasteiger partial charge on any atom is 0.132 e. The fourth-order valence-corrected chi connectivity index (χ4v) is 2.92. The molecule has 1 aliphatic rings. The van der Waals surface area contributed by atoms with Gasteiger partial charge in [0.15, 0.2) is 0 Å². The smallest absolute Gasteiger partial charge is 0.132 e. The Morgan fingerprint density at radius 1 is 1.33 bits per heavy atom. The maximum absolute atomic E-state index is 6.20. The van der Waals surface area contributed by atoms with Crippen molar-refractivity contribution < 1.29 is 4.74 Å². The van der Waals surface area contributed by atoms with Crippen LogP contribution in [0.4, 0.5) is 0 Å². The van der Waals surface area contributed by atoms with Crippen molar-refractivity contribution in [1.82, 2.24) is 9.78 Å². The third-order valence-corrected chi connectivity index (χ3v) is 4.76. The van der Waals surface area contributed by atoms with Gasteiger partial charge in [-0.25, -0.2) is 0 Å². The average Bonchev–Trinajstić information content (AvgIpc) is 2.56. The summed E-state index contributed by atoms with van der Waals surface area (Å²) in [6.45, 7) is 7.23. The van der Waals surface area contributed by atoms with Crippen LogP contribution in [0.3, 0.4) is 0 Å². The quantitative estimate of drug-likeness (QED) is 0.837. The van der Waals surface area contributed by atoms with E-state index in [0.29, 0.717) is 17.9 Å². The molecule has 0 aromatic carbocycles. The molecule has 0 bridgehead atoms. The Kier molecular flexibility index (Phi) is 4.33. The van der Waals surface area contributed by atoms with E-state index >= 15 is 0 Å². The molecule has 4 heteroatoms. The van der Waals surface area contributed by atoms with Crippen LogP contribution < -0.4 is 0 Å². The van der Waals surface area contributed by atoms with Crippen molar-refractivity contribution in [1.29, 1.82) is 0 Å². The van der Waals surface area contributed by atoms with Crippen molar-refractivity contribution in [3.05, 3.63) is 16.4 Å². The molecule has 3 nitrogen and oxygen atoms in total. The van der Waals surface area contributed by atoms with E-state index in [0.717, 1.165) is 29.5 Å². The molecule has 1 aliphatic carbocycles. The van der Waals surface area contributed by atoms with Gasteiger partial charge in [0.2, 0.25) is 0 Å². The largest absolute Gasteiger partial charge is 0.373 e. The fraction of sp³-hybridized carbons (Fsp3) is 0.786. The topological polar surface area (TPSA) is 27.1 Å². The van der Waals surface area contributed by atoms with Crippen LogP contribution >= 0.6 is 11.6 Å². The van der Waals surface area contributed by atoms with Crippen molar-refractivity contribution in [2.75, 3.05) is 0 Å². The van der Waals surface area contributed by atoms with E-state index in [9.17, 15) is 0 Å². The summed E-state index contributed by atoms with van der Waals surface area (Å²) >= 11 is 6.20. The van der Waals surface area contributed by atoms with E-state index in [1.54, 1.807) is 4.68 Å². The molecule has 0 N–H and O–H groups in total. The Labute approximate surface area is 114 Å². The number of aryl methyl sites for hydroxylation is 2. The van der Waals surface area contributed by atoms with Gasteiger partial charge in [0.1, 0.15) is 5.15 Å². The first kappa shape index (κ1) is 13.9. The molecule has 0 amide bonds. The summed E-state index contributed by atoms with van der Waals surface area (Å²) in [5, 5.41) is 5.00. The Bertz CT molecular complexity index is 416. The predicted molar refractivity (Wildman–Crippen MR) is 73.7 cm³/mol. The summed E-state index contributed by atoms with van der Waals surface area (Å²) in [5.74, 6) is 1.59. The number of halogens is 1. The number of rotatable bonds is 3. The lowest BCUT2D eigenvalue weighted by molar-refractivity contribution is -0.00761. The average molecular weight is 271 g/mol. The van der Waals surface area contributed by atoms with E-state index in [1.165, 1.54) is 12.8 Å². The molecular weight excluding hydrogens is 248 g/mol. The van der Waals surface area contributed by atoms with E-state index in [-0.39, 0.29) is 0 Å². The summed E-state index contributed by atoms with van der Waals surface area (Å²) in [6, 6.07) is 0. The number of ether oxygens (including phenoxy) is 1. The van der Waals surface area contributed by atoms with Gasteiger partial charge in [-0.15, -0.1) is 0 Å². The molecular formula is C14H23ClN2O. The maximum atomic E-state index is 6.20. The standard InChI is InChI=1S/C14H23ClN2O/c1-9-5-6-12(7-10(9)2)18-8-13-11(3)16-17(4)14(13)15/h9-10,12H,5-8H2,1-4H3. The minimum Gasteiger partial charge on any atom is -0.373 e. The Morgan fingerprint density at radius 2 is 2.06 bits per heavy atom. The van der Waals surface area contributed by atoms with Crippen LogP contribution in [0.5, 0.6) is 0 Å². The Balaban J connectivity index is 1.92. The lowest BCUT2D eigenvalue weighted by Crippen LogP contribution is -2.26. The van der Waals surface area contributed by atoms with Gasteiger partial charge < -0.3 is 4.74 Å². The Morgan fingerprint density at radius 3 is 2.61 bits per heavy atom. The summed E-state index contributed by atoms with van der Waals surface area (Å²) < 4.78 is 7.73. The van der Waals surface area contributed by atoms with Crippen molar-refractivity contribution in [2.24, 2.45) is 18.9 Å². The molecule has 1 aromatic rings. The van der Waals surface area contributed by atoms with Crippen LogP contribution in [0.1, 0.15) is 44.4 Å². The third kappa shape index (κ3) is 2.89. The molecule has 2 rings (SSSR count). The monoisotopic (exact) mass is 270 g/mol. The van der Waals surface area contributed by atoms with E-state index in [1.807, 2.05) is 14.0 Å². The van der Waals surface area contributed by atoms with Crippen molar-refractivity contribution in [3.8, 4) is 0 Å². The molecule has 0 aliphatic heterocycles. The first-order valence-electron chi connectivity index (χ1n) is 6.78. The minimum atomic E-state index is 0.381. The number of nitrogens with zero attached hydrogens (tertiary/aromatic N) is 2. The fourth-order valence-electron chi connectivity index (χ4n) is 2.69. The molecule has 0 spiro atoms. The van der Waals surface area contributed by atoms with Crippen LogP contribution in [0.25, 0.3) is 0 Å². The molecule has 3 atom stereocenters. The molecule has 102 valence electrons. The van der Waals surface area contributed by atoms with Gasteiger partial charge in [-0.05, 0) is 38.0 Å². The number of hydrogen-bond donors (Lipinski definition) is 0. The van der Waals surface area contributed by atoms with Gasteiger partial charge in [0.25, 0.3) is 0 Å². The summed E-state index contributed by atoms with van der Waals surface area (Å²) in [4.78, 5) is 0. The number of hydrogen-bond acceptors (Lipinski definition) is 2. The van der Waals surface area contributed by atoms with E-state index in [4.69, 9.17) is 16.3 Å². The Hall–Kier alpha value is -0.540. The second-order valence-electron chi connectivity index (χ2n) is 5.68. The highest BCUT2D eigenvalue weighted by atomic mass is 35.5. The lowest BCUT2D eigenvalue weighted by atomic mass is 9.80. The third-order valence-electron chi connectivity index (χ3n) is 4.28. The van der Waals surface area contributed by atoms with E-state index < -0.39 is 0 Å². The number of aromatic nitrogens is 2. The SMILES string of the molecule is Cc1nn(C)c(Cl)c1COC1CCC(C)C(C)C1. The van der Waals surface area contributed by atoms with Crippen LogP contribution in [0.2, 0.25) is 5.15 Å². The first-order chi connectivity index (χ1) is 8.49. The van der Waals surface area contributed by atoms with Crippen molar-refractivity contribution in [3.63, 3.8) is 0 Å². The second kappa shape index (κ2) is 5.62. The molecule has 1 aromatic heterocycles. The van der Waals surface area contributed by atoms with Gasteiger partial charge in [0.05, 0.1) is 18.4 Å². The van der Waals surface area contributed by atoms with Gasteiger partial charge in [0, 0.05) is 12.6 Å². The van der Waals surface area contributed by atoms with Crippen molar-refractivity contribution in [2.45, 2.75) is 52.7 Å². The van der Waals surface area contributed by atoms with Crippen LogP contribution in [0.15, 0.2) is 0 Å². The van der Waals surface area contributed by atoms with Crippen LogP contribution in [0, 0.1) is 18.8 Å². The molecule has 1 saturated carbocycles. The molecule has 3 unspecified atom stereocenters. The minimum absolute atomic E-state index is 0.381. The summed E-state index contributed by atoms with van der Waals surface area (Å²) in [7, 11) is 1.86. The summed E-state index contributed by atoms with van der Waals surface area (Å²) in [5.41, 5.74) is 2.00. The first-order valence-corrected chi connectivity index (χ1v) is 7.16. The molecule has 0 saturated heterocycles. The zero-order valence-corrected chi connectivity index (χ0v) is 12.5. The normalized spacial score (nSPS) is 28.6. The van der Waals surface area contributed by atoms with Crippen LogP contribution in [-0.2, 0) is 18.4 Å². The lowest BCUT2D eigenvalue weighted by Gasteiger charge is -2.31. The second-order valence-corrected chi connectivity index (χ2v) is 6.04. The summed E-state index contributed by atoms with van der Waals surface area (Å²) in [6.07, 6.45) is 3.98. The van der Waals surface area contributed by atoms with Gasteiger partial charge in [-0.3, -0.25) is 4.68 Å². The van der Waals surface area contributed by atoms with Crippen molar-refractivity contribution >= 4 is 11.6 Å². The van der Waals surface area contributed by atoms with Crippen LogP contribution in [-0.4, -0.2) is 15.9 Å². The zero-order valence-electron chi connectivity index (χ0n) is 11.7. The predicted octanol–water partition coefficient (Wildman–Crippen LogP) is 3.72. The highest BCUT2D eigenvalue weighted by Crippen LogP contribution is 2.32. The van der Waals surface area contributed by atoms with E-state index in [2.05, 4.69) is 18.9 Å². The molecule has 18 heavy (non-hydrogen) atoms. The molecule has 1 fully saturated rings. The molecule has 0 radical (unpaired) electrons. The highest BCUT2D eigenvalue weighted by molar-refractivity contribution is 6.30. The molecule has 1 heterocycles. The van der Waals surface area contributed by atoms with Gasteiger partial charge in [-0.1, -0.05) is 25.4 Å². The zero-order chi connectivity index (χ0) is 13.3. The highest BCUT2D eigenvalue weighted by Gasteiger charge is 2.25. The van der Waals surface area contributed by atoms with Gasteiger partial charge >= 0.3 is 0 Å².